The summed E-state index contributed by atoms with van der Waals surface area (Å²) in [6.07, 6.45) is 2.66. The lowest BCUT2D eigenvalue weighted by atomic mass is 10.1. The predicted molar refractivity (Wildman–Crippen MR) is 113 cm³/mol. The number of piperazine rings is 1. The van der Waals surface area contributed by atoms with Crippen LogP contribution in [0, 0.1) is 6.92 Å². The summed E-state index contributed by atoms with van der Waals surface area (Å²) in [5, 5.41) is 0.666. The lowest BCUT2D eigenvalue weighted by Crippen LogP contribution is -2.50. The number of benzene rings is 1. The second kappa shape index (κ2) is 8.23. The normalized spacial score (nSPS) is 14.2. The molecular weight excluding hydrogens is 408 g/mol. The van der Waals surface area contributed by atoms with E-state index in [9.17, 15) is 14.4 Å². The summed E-state index contributed by atoms with van der Waals surface area (Å²) in [5.74, 6) is 0.0598. The van der Waals surface area contributed by atoms with Gasteiger partial charge < -0.3 is 19.2 Å². The molecule has 8 nitrogen and oxygen atoms in total. The topological polar surface area (TPSA) is 91.6 Å². The molecular formula is C21H21ClN4O4. The molecule has 1 saturated heterocycles. The number of H-pyrrole nitrogens is 1. The van der Waals surface area contributed by atoms with Crippen molar-refractivity contribution < 1.29 is 9.21 Å². The zero-order valence-corrected chi connectivity index (χ0v) is 17.2. The molecule has 0 spiro atoms. The number of carbonyl (C=O) groups excluding carboxylic acids is 1. The third-order valence-corrected chi connectivity index (χ3v) is 5.50. The number of aryl methyl sites for hydroxylation is 1. The average molecular weight is 429 g/mol. The Morgan fingerprint density at radius 2 is 1.93 bits per heavy atom. The van der Waals surface area contributed by atoms with Crippen molar-refractivity contribution in [2.45, 2.75) is 13.5 Å². The number of aromatic nitrogens is 2. The zero-order valence-electron chi connectivity index (χ0n) is 16.4. The lowest BCUT2D eigenvalue weighted by Gasteiger charge is -2.36. The average Bonchev–Trinajstić information content (AvgIpc) is 3.26. The number of furan rings is 1. The second-order valence-corrected chi connectivity index (χ2v) is 7.62. The first-order chi connectivity index (χ1) is 14.4. The summed E-state index contributed by atoms with van der Waals surface area (Å²) in [6, 6.07) is 9.08. The molecule has 2 aromatic heterocycles. The van der Waals surface area contributed by atoms with E-state index in [2.05, 4.69) is 9.88 Å². The summed E-state index contributed by atoms with van der Waals surface area (Å²) in [4.78, 5) is 44.2. The molecule has 1 N–H and O–H groups in total. The third-order valence-electron chi connectivity index (χ3n) is 5.26. The van der Waals surface area contributed by atoms with Crippen molar-refractivity contribution in [1.29, 1.82) is 0 Å². The summed E-state index contributed by atoms with van der Waals surface area (Å²) in [5.41, 5.74) is 0.871. The zero-order chi connectivity index (χ0) is 21.3. The maximum absolute atomic E-state index is 13.0. The molecule has 0 aliphatic carbocycles. The second-order valence-electron chi connectivity index (χ2n) is 7.19. The van der Waals surface area contributed by atoms with Crippen LogP contribution in [-0.4, -0.2) is 46.5 Å². The van der Waals surface area contributed by atoms with Gasteiger partial charge in [-0.3, -0.25) is 14.2 Å². The van der Waals surface area contributed by atoms with Crippen molar-refractivity contribution in [1.82, 2.24) is 14.5 Å². The van der Waals surface area contributed by atoms with Crippen molar-refractivity contribution >= 4 is 23.2 Å². The molecule has 3 heterocycles. The van der Waals surface area contributed by atoms with Crippen LogP contribution >= 0.6 is 11.6 Å². The molecule has 156 valence electrons. The van der Waals surface area contributed by atoms with Crippen molar-refractivity contribution in [3.8, 4) is 0 Å². The maximum Gasteiger partial charge on any atom is 0.328 e. The highest BCUT2D eigenvalue weighted by Gasteiger charge is 2.26. The van der Waals surface area contributed by atoms with E-state index in [0.717, 1.165) is 15.8 Å². The number of halogens is 1. The molecule has 1 amide bonds. The SMILES string of the molecule is Cc1ccc(Cl)cc1N1CCN(C(=O)c2c[nH]c(=O)n(Cc3ccco3)c2=O)CC1. The van der Waals surface area contributed by atoms with Crippen LogP contribution in [0.4, 0.5) is 5.69 Å². The summed E-state index contributed by atoms with van der Waals surface area (Å²) >= 11 is 6.13. The molecule has 0 bridgehead atoms. The number of aromatic amines is 1. The van der Waals surface area contributed by atoms with Gasteiger partial charge in [0.1, 0.15) is 11.3 Å². The number of nitrogens with one attached hydrogen (secondary N) is 1. The van der Waals surface area contributed by atoms with E-state index in [4.69, 9.17) is 16.0 Å². The molecule has 0 radical (unpaired) electrons. The van der Waals surface area contributed by atoms with Crippen LogP contribution < -0.4 is 16.1 Å². The van der Waals surface area contributed by atoms with E-state index >= 15 is 0 Å². The fraction of sp³-hybridized carbons (Fsp3) is 0.286. The Morgan fingerprint density at radius 3 is 2.63 bits per heavy atom. The number of carbonyl (C=O) groups is 1. The van der Waals surface area contributed by atoms with Crippen LogP contribution in [0.2, 0.25) is 5.02 Å². The van der Waals surface area contributed by atoms with Gasteiger partial charge in [0.25, 0.3) is 11.5 Å². The first kappa shape index (κ1) is 20.0. The first-order valence-electron chi connectivity index (χ1n) is 9.59. The van der Waals surface area contributed by atoms with E-state index in [1.165, 1.54) is 12.5 Å². The minimum absolute atomic E-state index is 0.0376. The quantitative estimate of drug-likeness (QED) is 0.687. The smallest absolute Gasteiger partial charge is 0.328 e. The van der Waals surface area contributed by atoms with Crippen molar-refractivity contribution in [3.63, 3.8) is 0 Å². The van der Waals surface area contributed by atoms with Crippen molar-refractivity contribution in [3.05, 3.63) is 85.5 Å². The van der Waals surface area contributed by atoms with E-state index in [-0.39, 0.29) is 12.1 Å². The molecule has 1 fully saturated rings. The van der Waals surface area contributed by atoms with Crippen LogP contribution in [0.5, 0.6) is 0 Å². The van der Waals surface area contributed by atoms with Crippen LogP contribution in [0.1, 0.15) is 21.7 Å². The molecule has 1 aliphatic heterocycles. The van der Waals surface area contributed by atoms with Gasteiger partial charge in [-0.15, -0.1) is 0 Å². The molecule has 0 atom stereocenters. The predicted octanol–water partition coefficient (Wildman–Crippen LogP) is 2.10. The van der Waals surface area contributed by atoms with Gasteiger partial charge in [-0.1, -0.05) is 17.7 Å². The van der Waals surface area contributed by atoms with Gasteiger partial charge in [-0.25, -0.2) is 4.79 Å². The third kappa shape index (κ3) is 3.91. The van der Waals surface area contributed by atoms with E-state index in [0.29, 0.717) is 37.0 Å². The fourth-order valence-corrected chi connectivity index (χ4v) is 3.78. The standard InChI is InChI=1S/C21H21ClN4O4/c1-14-4-5-15(22)11-18(14)24-6-8-25(9-7-24)19(27)17-12-23-21(29)26(20(17)28)13-16-3-2-10-30-16/h2-5,10-12H,6-9,13H2,1H3,(H,23,29). The van der Waals surface area contributed by atoms with E-state index in [1.807, 2.05) is 25.1 Å². The minimum Gasteiger partial charge on any atom is -0.467 e. The lowest BCUT2D eigenvalue weighted by molar-refractivity contribution is 0.0743. The van der Waals surface area contributed by atoms with Gasteiger partial charge in [0, 0.05) is 43.1 Å². The number of amides is 1. The Balaban J connectivity index is 1.51. The Morgan fingerprint density at radius 1 is 1.17 bits per heavy atom. The van der Waals surface area contributed by atoms with E-state index < -0.39 is 17.2 Å². The highest BCUT2D eigenvalue weighted by molar-refractivity contribution is 6.30. The Hall–Kier alpha value is -3.26. The molecule has 9 heteroatoms. The number of anilines is 1. The number of hydrogen-bond donors (Lipinski definition) is 1. The fourth-order valence-electron chi connectivity index (χ4n) is 3.61. The Bertz CT molecular complexity index is 1170. The summed E-state index contributed by atoms with van der Waals surface area (Å²) in [6.45, 7) is 4.14. The molecule has 3 aromatic rings. The molecule has 30 heavy (non-hydrogen) atoms. The van der Waals surface area contributed by atoms with Crippen LogP contribution in [0.25, 0.3) is 0 Å². The van der Waals surface area contributed by atoms with Gasteiger partial charge in [-0.05, 0) is 36.8 Å². The number of rotatable bonds is 4. The molecule has 0 saturated carbocycles. The van der Waals surface area contributed by atoms with Crippen LogP contribution in [0.3, 0.4) is 0 Å². The van der Waals surface area contributed by atoms with Gasteiger partial charge in [0.15, 0.2) is 0 Å². The number of hydrogen-bond acceptors (Lipinski definition) is 5. The van der Waals surface area contributed by atoms with Gasteiger partial charge in [-0.2, -0.15) is 0 Å². The summed E-state index contributed by atoms with van der Waals surface area (Å²) < 4.78 is 6.18. The van der Waals surface area contributed by atoms with Crippen molar-refractivity contribution in [2.24, 2.45) is 0 Å². The largest absolute Gasteiger partial charge is 0.467 e. The Labute approximate surface area is 177 Å². The molecule has 1 aliphatic rings. The highest BCUT2D eigenvalue weighted by Crippen LogP contribution is 2.25. The summed E-state index contributed by atoms with van der Waals surface area (Å²) in [7, 11) is 0. The maximum atomic E-state index is 13.0. The van der Waals surface area contributed by atoms with E-state index in [1.54, 1.807) is 17.0 Å². The van der Waals surface area contributed by atoms with Crippen LogP contribution in [-0.2, 0) is 6.54 Å². The van der Waals surface area contributed by atoms with Gasteiger partial charge >= 0.3 is 5.69 Å². The molecule has 4 rings (SSSR count). The molecule has 1 aromatic carbocycles. The van der Waals surface area contributed by atoms with Crippen molar-refractivity contribution in [2.75, 3.05) is 31.1 Å². The molecule has 0 unspecified atom stereocenters. The van der Waals surface area contributed by atoms with Crippen LogP contribution in [0.15, 0.2) is 56.8 Å². The minimum atomic E-state index is -0.631. The van der Waals surface area contributed by atoms with Gasteiger partial charge in [0.2, 0.25) is 0 Å². The monoisotopic (exact) mass is 428 g/mol. The Kier molecular flexibility index (Phi) is 5.50. The van der Waals surface area contributed by atoms with Gasteiger partial charge in [0.05, 0.1) is 12.8 Å². The number of nitrogens with zero attached hydrogens (tertiary/aromatic N) is 3. The first-order valence-corrected chi connectivity index (χ1v) is 9.97. The highest BCUT2D eigenvalue weighted by atomic mass is 35.5.